The maximum absolute atomic E-state index is 13.4. The summed E-state index contributed by atoms with van der Waals surface area (Å²) in [5.74, 6) is -0.573. The van der Waals surface area contributed by atoms with Gasteiger partial charge in [0.2, 0.25) is 10.0 Å². The largest absolute Gasteiger partial charge is 0.425 e. The highest BCUT2D eigenvalue weighted by atomic mass is 32.2. The van der Waals surface area contributed by atoms with Crippen molar-refractivity contribution in [2.75, 3.05) is 0 Å². The third-order valence-corrected chi connectivity index (χ3v) is 7.61. The van der Waals surface area contributed by atoms with Crippen molar-refractivity contribution in [3.8, 4) is 5.75 Å². The Hall–Kier alpha value is -3.75. The average Bonchev–Trinajstić information content (AvgIpc) is 2.86. The van der Waals surface area contributed by atoms with E-state index in [-0.39, 0.29) is 17.1 Å². The third kappa shape index (κ3) is 6.15. The highest BCUT2D eigenvalue weighted by Gasteiger charge is 2.28. The van der Waals surface area contributed by atoms with Crippen LogP contribution < -0.4 is 15.1 Å². The Balaban J connectivity index is 1.67. The number of hydrogen-bond acceptors (Lipinski definition) is 6. The summed E-state index contributed by atoms with van der Waals surface area (Å²) in [5, 5.41) is 0.777. The van der Waals surface area contributed by atoms with Gasteiger partial charge < -0.3 is 9.15 Å². The van der Waals surface area contributed by atoms with Crippen LogP contribution in [0.25, 0.3) is 11.0 Å². The number of hydrogen-bond donors (Lipinski definition) is 1. The van der Waals surface area contributed by atoms with E-state index < -0.39 is 27.7 Å². The van der Waals surface area contributed by atoms with Crippen molar-refractivity contribution in [1.82, 2.24) is 4.72 Å². The normalized spacial score (nSPS) is 12.4. The van der Waals surface area contributed by atoms with E-state index in [0.717, 1.165) is 28.5 Å². The van der Waals surface area contributed by atoms with Crippen LogP contribution in [0.2, 0.25) is 0 Å². The lowest BCUT2D eigenvalue weighted by Crippen LogP contribution is -2.44. The zero-order chi connectivity index (χ0) is 26.6. The van der Waals surface area contributed by atoms with Crippen LogP contribution in [0.3, 0.4) is 0 Å². The number of sulfonamides is 1. The fourth-order valence-electron chi connectivity index (χ4n) is 4.17. The van der Waals surface area contributed by atoms with E-state index in [1.807, 2.05) is 44.2 Å². The Morgan fingerprint density at radius 3 is 2.38 bits per heavy atom. The fraction of sp³-hybridized carbons (Fsp3) is 0.241. The van der Waals surface area contributed by atoms with Gasteiger partial charge in [0.25, 0.3) is 0 Å². The number of esters is 1. The Labute approximate surface area is 216 Å². The van der Waals surface area contributed by atoms with Gasteiger partial charge in [-0.1, -0.05) is 61.4 Å². The van der Waals surface area contributed by atoms with Crippen LogP contribution in [-0.4, -0.2) is 20.4 Å². The van der Waals surface area contributed by atoms with Crippen molar-refractivity contribution in [1.29, 1.82) is 0 Å². The van der Waals surface area contributed by atoms with Gasteiger partial charge in [-0.3, -0.25) is 0 Å². The molecule has 0 aliphatic heterocycles. The molecule has 1 N–H and O–H groups in total. The highest BCUT2D eigenvalue weighted by molar-refractivity contribution is 7.89. The first-order valence-electron chi connectivity index (χ1n) is 12.1. The zero-order valence-corrected chi connectivity index (χ0v) is 21.8. The van der Waals surface area contributed by atoms with Crippen molar-refractivity contribution >= 4 is 27.0 Å². The molecule has 1 heterocycles. The van der Waals surface area contributed by atoms with Crippen LogP contribution in [0.15, 0.2) is 86.9 Å². The molecule has 192 valence electrons. The van der Waals surface area contributed by atoms with E-state index in [0.29, 0.717) is 17.6 Å². The summed E-state index contributed by atoms with van der Waals surface area (Å²) in [6.45, 7) is 5.58. The molecule has 37 heavy (non-hydrogen) atoms. The first-order chi connectivity index (χ1) is 17.7. The van der Waals surface area contributed by atoms with Gasteiger partial charge in [-0.15, -0.1) is 0 Å². The van der Waals surface area contributed by atoms with Crippen molar-refractivity contribution in [2.45, 2.75) is 51.0 Å². The summed E-state index contributed by atoms with van der Waals surface area (Å²) >= 11 is 0. The smallest absolute Gasteiger partial charge is 0.336 e. The van der Waals surface area contributed by atoms with Gasteiger partial charge >= 0.3 is 11.6 Å². The molecule has 0 spiro atoms. The van der Waals surface area contributed by atoms with Gasteiger partial charge in [0.15, 0.2) is 0 Å². The van der Waals surface area contributed by atoms with Gasteiger partial charge in [-0.2, -0.15) is 4.72 Å². The van der Waals surface area contributed by atoms with E-state index in [9.17, 15) is 18.0 Å². The van der Waals surface area contributed by atoms with Crippen LogP contribution in [0.5, 0.6) is 5.75 Å². The second-order valence-corrected chi connectivity index (χ2v) is 10.7. The lowest BCUT2D eigenvalue weighted by molar-refractivity contribution is -0.136. The second kappa shape index (κ2) is 11.1. The average molecular weight is 520 g/mol. The van der Waals surface area contributed by atoms with Crippen molar-refractivity contribution in [3.05, 3.63) is 105 Å². The summed E-state index contributed by atoms with van der Waals surface area (Å²) < 4.78 is 39.9. The monoisotopic (exact) mass is 519 g/mol. The molecule has 0 unspecified atom stereocenters. The molecule has 7 nitrogen and oxygen atoms in total. The number of carbonyl (C=O) groups excluding carboxylic acids is 1. The molecule has 0 amide bonds. The van der Waals surface area contributed by atoms with Gasteiger partial charge in [-0.05, 0) is 62.1 Å². The zero-order valence-electron chi connectivity index (χ0n) is 21.0. The molecule has 0 aliphatic rings. The van der Waals surface area contributed by atoms with Crippen LogP contribution in [-0.2, 0) is 27.7 Å². The summed E-state index contributed by atoms with van der Waals surface area (Å²) in [4.78, 5) is 25.6. The van der Waals surface area contributed by atoms with Crippen molar-refractivity contribution < 1.29 is 22.4 Å². The first kappa shape index (κ1) is 26.3. The molecule has 0 radical (unpaired) electrons. The number of aryl methyl sites for hydroxylation is 3. The lowest BCUT2D eigenvalue weighted by Gasteiger charge is -2.19. The van der Waals surface area contributed by atoms with Gasteiger partial charge in [0.05, 0.1) is 4.90 Å². The molecule has 0 saturated carbocycles. The van der Waals surface area contributed by atoms with Gasteiger partial charge in [-0.25, -0.2) is 18.0 Å². The van der Waals surface area contributed by atoms with E-state index >= 15 is 0 Å². The molecule has 0 fully saturated rings. The molecule has 0 saturated heterocycles. The van der Waals surface area contributed by atoms with Crippen molar-refractivity contribution in [2.24, 2.45) is 0 Å². The Morgan fingerprint density at radius 2 is 1.70 bits per heavy atom. The maximum Gasteiger partial charge on any atom is 0.336 e. The summed E-state index contributed by atoms with van der Waals surface area (Å²) in [6.07, 6.45) is 1.66. The summed E-state index contributed by atoms with van der Waals surface area (Å²) in [6, 6.07) is 19.1. The van der Waals surface area contributed by atoms with E-state index in [1.165, 1.54) is 18.2 Å². The van der Waals surface area contributed by atoms with Crippen molar-refractivity contribution in [3.63, 3.8) is 0 Å². The maximum atomic E-state index is 13.4. The third-order valence-electron chi connectivity index (χ3n) is 6.12. The number of carbonyl (C=O) groups is 1. The minimum Gasteiger partial charge on any atom is -0.425 e. The summed E-state index contributed by atoms with van der Waals surface area (Å²) in [7, 11) is -4.01. The molecular weight excluding hydrogens is 490 g/mol. The predicted molar refractivity (Wildman–Crippen MR) is 142 cm³/mol. The minimum atomic E-state index is -4.01. The molecule has 4 aromatic rings. The van der Waals surface area contributed by atoms with Crippen LogP contribution in [0.4, 0.5) is 0 Å². The lowest BCUT2D eigenvalue weighted by atomic mass is 10.0. The molecule has 4 rings (SSSR count). The molecule has 3 aromatic carbocycles. The molecule has 1 aromatic heterocycles. The van der Waals surface area contributed by atoms with Crippen LogP contribution in [0.1, 0.15) is 35.6 Å². The molecule has 0 bridgehead atoms. The SMILES string of the molecule is CCCc1cc(=O)oc2c(C)c(OC(=O)[C@H](Cc3ccccc3)NS(=O)(=O)c3ccc(C)cc3)ccc12. The summed E-state index contributed by atoms with van der Waals surface area (Å²) in [5.41, 5.74) is 2.90. The van der Waals surface area contributed by atoms with E-state index in [1.54, 1.807) is 31.2 Å². The van der Waals surface area contributed by atoms with Crippen LogP contribution in [0, 0.1) is 13.8 Å². The Kier molecular flexibility index (Phi) is 7.90. The Morgan fingerprint density at radius 1 is 1.00 bits per heavy atom. The number of benzene rings is 3. The molecular formula is C29H29NO6S. The van der Waals surface area contributed by atoms with Gasteiger partial charge in [0.1, 0.15) is 17.4 Å². The number of ether oxygens (including phenoxy) is 1. The van der Waals surface area contributed by atoms with Crippen LogP contribution >= 0.6 is 0 Å². The van der Waals surface area contributed by atoms with E-state index in [2.05, 4.69) is 4.72 Å². The topological polar surface area (TPSA) is 103 Å². The van der Waals surface area contributed by atoms with E-state index in [4.69, 9.17) is 9.15 Å². The quantitative estimate of drug-likeness (QED) is 0.193. The highest BCUT2D eigenvalue weighted by Crippen LogP contribution is 2.29. The molecule has 8 heteroatoms. The standard InChI is InChI=1S/C29H29NO6S/c1-4-8-22-18-27(31)36-28-20(3)26(16-15-24(22)28)35-29(32)25(17-21-9-6-5-7-10-21)30-37(33,34)23-13-11-19(2)12-14-23/h5-7,9-16,18,25,30H,4,8,17H2,1-3H3/t25-/m0/s1. The minimum absolute atomic E-state index is 0.0519. The van der Waals surface area contributed by atoms with Gasteiger partial charge in [0, 0.05) is 17.0 Å². The molecule has 1 atom stereocenters. The second-order valence-electron chi connectivity index (χ2n) is 9.00. The molecule has 0 aliphatic carbocycles. The first-order valence-corrected chi connectivity index (χ1v) is 13.6. The number of nitrogens with one attached hydrogen (secondary N) is 1. The number of rotatable bonds is 9. The predicted octanol–water partition coefficient (Wildman–Crippen LogP) is 4.86. The fourth-order valence-corrected chi connectivity index (χ4v) is 5.35. The number of fused-ring (bicyclic) bond motifs is 1. The Bertz CT molecular complexity index is 1580.